The number of aliphatic hydroxyl groups is 1. The summed E-state index contributed by atoms with van der Waals surface area (Å²) in [5.41, 5.74) is -6.73. The fraction of sp³-hybridized carbons (Fsp3) is 0.480. The van der Waals surface area contributed by atoms with Crippen LogP contribution in [0.2, 0.25) is 0 Å². The second-order valence-corrected chi connectivity index (χ2v) is 11.8. The van der Waals surface area contributed by atoms with Gasteiger partial charge in [0.15, 0.2) is 9.84 Å². The molecule has 1 fully saturated rings. The molecular formula is C25H25F6NO6S. The van der Waals surface area contributed by atoms with Crippen molar-refractivity contribution in [3.05, 3.63) is 59.2 Å². The molecular weight excluding hydrogens is 556 g/mol. The van der Waals surface area contributed by atoms with Crippen molar-refractivity contribution in [2.24, 2.45) is 0 Å². The average Bonchev–Trinajstić information content (AvgIpc) is 3.22. The number of phenolic OH excluding ortho intramolecular Hbond substituents is 1. The second kappa shape index (κ2) is 9.66. The number of likely N-dealkylation sites (tertiary alicyclic amines) is 1. The Balaban J connectivity index is 1.91. The molecule has 39 heavy (non-hydrogen) atoms. The van der Waals surface area contributed by atoms with Crippen LogP contribution in [0.4, 0.5) is 26.3 Å². The van der Waals surface area contributed by atoms with Gasteiger partial charge in [0.2, 0.25) is 0 Å². The van der Waals surface area contributed by atoms with E-state index in [1.807, 2.05) is 0 Å². The first-order chi connectivity index (χ1) is 18.0. The van der Waals surface area contributed by atoms with E-state index >= 15 is 0 Å². The lowest BCUT2D eigenvalue weighted by Crippen LogP contribution is -2.54. The van der Waals surface area contributed by atoms with Gasteiger partial charge in [0.25, 0.3) is 5.60 Å². The Morgan fingerprint density at radius 1 is 1.08 bits per heavy atom. The van der Waals surface area contributed by atoms with Gasteiger partial charge in [0, 0.05) is 18.2 Å². The molecule has 2 aromatic carbocycles. The number of nitrogens with zero attached hydrogens (tertiary/aromatic N) is 1. The van der Waals surface area contributed by atoms with Crippen LogP contribution in [0.5, 0.6) is 5.75 Å². The van der Waals surface area contributed by atoms with Crippen LogP contribution in [-0.2, 0) is 36.1 Å². The molecule has 2 aromatic rings. The number of fused-ring (bicyclic) bond motifs is 3. The number of benzene rings is 2. The first-order valence-electron chi connectivity index (χ1n) is 11.9. The Kier molecular flexibility index (Phi) is 7.22. The number of esters is 1. The molecule has 1 saturated heterocycles. The van der Waals surface area contributed by atoms with Crippen molar-refractivity contribution in [1.29, 1.82) is 0 Å². The maximum Gasteiger partial charge on any atom is 0.430 e. The Bertz CT molecular complexity index is 1340. The molecule has 14 heteroatoms. The molecule has 0 bridgehead atoms. The largest absolute Gasteiger partial charge is 0.508 e. The van der Waals surface area contributed by atoms with Crippen molar-refractivity contribution < 1.29 is 54.5 Å². The molecule has 1 aliphatic heterocycles. The summed E-state index contributed by atoms with van der Waals surface area (Å²) in [6, 6.07) is 5.64. The number of hydrogen-bond donors (Lipinski definition) is 2. The van der Waals surface area contributed by atoms with Crippen LogP contribution in [0.25, 0.3) is 0 Å². The summed E-state index contributed by atoms with van der Waals surface area (Å²) in [5, 5.41) is 19.6. The zero-order valence-corrected chi connectivity index (χ0v) is 21.3. The van der Waals surface area contributed by atoms with E-state index in [1.54, 1.807) is 11.8 Å². The highest BCUT2D eigenvalue weighted by atomic mass is 32.2. The molecule has 0 spiro atoms. The maximum absolute atomic E-state index is 14.2. The SMILES string of the molecule is CCOC(=O)CN1CC[C@@]2(S(=O)(=O)c3ccc(O)cc3)c3ccc(C(O)(C(F)(F)F)C(F)(F)F)cc3CC[C@@H]12. The third-order valence-corrected chi connectivity index (χ3v) is 10.0. The van der Waals surface area contributed by atoms with Gasteiger partial charge < -0.3 is 14.9 Å². The highest BCUT2D eigenvalue weighted by Crippen LogP contribution is 2.55. The average molecular weight is 582 g/mol. The second-order valence-electron chi connectivity index (χ2n) is 9.54. The minimum Gasteiger partial charge on any atom is -0.508 e. The Hall–Kier alpha value is -2.84. The highest BCUT2D eigenvalue weighted by molar-refractivity contribution is 7.92. The number of alkyl halides is 6. The van der Waals surface area contributed by atoms with Crippen LogP contribution in [0.3, 0.4) is 0 Å². The van der Waals surface area contributed by atoms with Crippen molar-refractivity contribution >= 4 is 15.8 Å². The highest BCUT2D eigenvalue weighted by Gasteiger charge is 2.71. The van der Waals surface area contributed by atoms with E-state index in [0.29, 0.717) is 12.1 Å². The lowest BCUT2D eigenvalue weighted by Gasteiger charge is -2.43. The minimum atomic E-state index is -6.10. The fourth-order valence-electron chi connectivity index (χ4n) is 5.73. The van der Waals surface area contributed by atoms with Gasteiger partial charge in [-0.3, -0.25) is 9.69 Å². The maximum atomic E-state index is 14.2. The smallest absolute Gasteiger partial charge is 0.430 e. The number of aromatic hydroxyl groups is 1. The standard InChI is InChI=1S/C25H25F6NO6S/c1-2-38-21(34)14-32-12-11-22(39(36,37)18-7-5-17(33)6-8-18)19-9-4-16(13-15(19)3-10-20(22)32)23(35,24(26,27)28)25(29,30)31/h4-9,13,20,33,35H,2-3,10-12,14H2,1H3/t20-,22-/m1/s1. The molecule has 7 nitrogen and oxygen atoms in total. The van der Waals surface area contributed by atoms with E-state index < -0.39 is 50.1 Å². The number of phenols is 1. The molecule has 0 amide bonds. The van der Waals surface area contributed by atoms with Crippen molar-refractivity contribution in [1.82, 2.24) is 4.90 Å². The molecule has 1 aliphatic carbocycles. The lowest BCUT2D eigenvalue weighted by molar-refractivity contribution is -0.376. The third-order valence-electron chi connectivity index (χ3n) is 7.50. The van der Waals surface area contributed by atoms with Gasteiger partial charge in [-0.05, 0) is 61.6 Å². The first-order valence-corrected chi connectivity index (χ1v) is 13.4. The number of hydrogen-bond acceptors (Lipinski definition) is 7. The van der Waals surface area contributed by atoms with Gasteiger partial charge in [-0.2, -0.15) is 26.3 Å². The quantitative estimate of drug-likeness (QED) is 0.393. The van der Waals surface area contributed by atoms with Crippen LogP contribution in [0.1, 0.15) is 36.5 Å². The molecule has 0 aromatic heterocycles. The van der Waals surface area contributed by atoms with E-state index in [1.165, 1.54) is 0 Å². The van der Waals surface area contributed by atoms with Crippen molar-refractivity contribution in [2.45, 2.75) is 59.8 Å². The van der Waals surface area contributed by atoms with Crippen LogP contribution >= 0.6 is 0 Å². The number of carbonyl (C=O) groups excluding carboxylic acids is 1. The molecule has 2 aliphatic rings. The number of ether oxygens (including phenoxy) is 1. The van der Waals surface area contributed by atoms with E-state index in [2.05, 4.69) is 0 Å². The van der Waals surface area contributed by atoms with Crippen LogP contribution in [-0.4, -0.2) is 67.6 Å². The third kappa shape index (κ3) is 4.45. The first kappa shape index (κ1) is 29.2. The molecule has 2 atom stereocenters. The van der Waals surface area contributed by atoms with Gasteiger partial charge in [0.1, 0.15) is 10.5 Å². The Labute approximate surface area is 219 Å². The number of halogens is 6. The number of aryl methyl sites for hydroxylation is 1. The molecule has 0 radical (unpaired) electrons. The van der Waals surface area contributed by atoms with Crippen molar-refractivity contribution in [3.63, 3.8) is 0 Å². The monoisotopic (exact) mass is 581 g/mol. The summed E-state index contributed by atoms with van der Waals surface area (Å²) in [6.45, 7) is 1.50. The molecule has 214 valence electrons. The van der Waals surface area contributed by atoms with Gasteiger partial charge >= 0.3 is 18.3 Å². The zero-order chi connectivity index (χ0) is 29.0. The summed E-state index contributed by atoms with van der Waals surface area (Å²) >= 11 is 0. The van der Waals surface area contributed by atoms with Crippen LogP contribution in [0.15, 0.2) is 47.4 Å². The fourth-order valence-corrected chi connectivity index (χ4v) is 8.12. The number of rotatable bonds is 6. The predicted octanol–water partition coefficient (Wildman–Crippen LogP) is 3.96. The van der Waals surface area contributed by atoms with E-state index in [0.717, 1.165) is 30.3 Å². The summed E-state index contributed by atoms with van der Waals surface area (Å²) < 4.78 is 113. The number of carbonyl (C=O) groups is 1. The van der Waals surface area contributed by atoms with Gasteiger partial charge in [-0.15, -0.1) is 0 Å². The van der Waals surface area contributed by atoms with E-state index in [4.69, 9.17) is 4.74 Å². The molecule has 4 rings (SSSR count). The Morgan fingerprint density at radius 2 is 1.69 bits per heavy atom. The topological polar surface area (TPSA) is 104 Å². The molecule has 0 saturated carbocycles. The van der Waals surface area contributed by atoms with E-state index in [-0.39, 0.29) is 60.7 Å². The summed E-state index contributed by atoms with van der Waals surface area (Å²) in [4.78, 5) is 13.6. The normalized spacial score (nSPS) is 22.3. The minimum absolute atomic E-state index is 0.00590. The number of sulfone groups is 1. The van der Waals surface area contributed by atoms with Gasteiger partial charge in [-0.25, -0.2) is 8.42 Å². The molecule has 1 heterocycles. The summed E-state index contributed by atoms with van der Waals surface area (Å²) in [5.74, 6) is -0.831. The van der Waals surface area contributed by atoms with E-state index in [9.17, 15) is 49.8 Å². The van der Waals surface area contributed by atoms with Crippen molar-refractivity contribution in [2.75, 3.05) is 19.7 Å². The lowest BCUT2D eigenvalue weighted by atomic mass is 9.76. The molecule has 2 N–H and O–H groups in total. The van der Waals surface area contributed by atoms with Gasteiger partial charge in [-0.1, -0.05) is 18.2 Å². The van der Waals surface area contributed by atoms with Crippen LogP contribution in [0, 0.1) is 0 Å². The van der Waals surface area contributed by atoms with Crippen molar-refractivity contribution in [3.8, 4) is 5.75 Å². The predicted molar refractivity (Wildman–Crippen MR) is 124 cm³/mol. The van der Waals surface area contributed by atoms with Crippen LogP contribution < -0.4 is 0 Å². The van der Waals surface area contributed by atoms with Gasteiger partial charge in [0.05, 0.1) is 18.0 Å². The Morgan fingerprint density at radius 3 is 2.26 bits per heavy atom. The summed E-state index contributed by atoms with van der Waals surface area (Å²) in [6.07, 6.45) is -12.4. The summed E-state index contributed by atoms with van der Waals surface area (Å²) in [7, 11) is -4.39. The zero-order valence-electron chi connectivity index (χ0n) is 20.5. The molecule has 0 unspecified atom stereocenters.